The van der Waals surface area contributed by atoms with Crippen LogP contribution in [0.2, 0.25) is 0 Å². The average molecular weight is 316 g/mol. The summed E-state index contributed by atoms with van der Waals surface area (Å²) in [5.41, 5.74) is 1.18. The van der Waals surface area contributed by atoms with E-state index in [-0.39, 0.29) is 29.3 Å². The lowest BCUT2D eigenvalue weighted by Gasteiger charge is -2.33. The normalized spacial score (nSPS) is 18.0. The van der Waals surface area contributed by atoms with E-state index in [0.29, 0.717) is 24.4 Å². The highest BCUT2D eigenvalue weighted by Gasteiger charge is 2.27. The van der Waals surface area contributed by atoms with Gasteiger partial charge in [0.15, 0.2) is 5.43 Å². The van der Waals surface area contributed by atoms with Crippen molar-refractivity contribution in [1.82, 2.24) is 9.88 Å². The highest BCUT2D eigenvalue weighted by atomic mass is 19.1. The number of amides is 1. The van der Waals surface area contributed by atoms with Gasteiger partial charge in [0.2, 0.25) is 0 Å². The Balaban J connectivity index is 1.80. The third-order valence-corrected chi connectivity index (χ3v) is 3.86. The van der Waals surface area contributed by atoms with E-state index in [1.807, 2.05) is 0 Å². The minimum Gasteiger partial charge on any atom is -0.370 e. The van der Waals surface area contributed by atoms with Crippen LogP contribution in [0.5, 0.6) is 0 Å². The smallest absolute Gasteiger partial charge is 0.259 e. The Hall–Kier alpha value is -2.47. The van der Waals surface area contributed by atoms with E-state index in [2.05, 4.69) is 4.98 Å². The van der Waals surface area contributed by atoms with Crippen LogP contribution in [0.25, 0.3) is 0 Å². The molecule has 1 saturated heterocycles. The molecule has 1 N–H and O–H groups in total. The molecule has 1 aliphatic rings. The second-order valence-electron chi connectivity index (χ2n) is 5.56. The van der Waals surface area contributed by atoms with Crippen LogP contribution in [-0.4, -0.2) is 35.5 Å². The molecule has 1 atom stereocenters. The van der Waals surface area contributed by atoms with Gasteiger partial charge in [-0.25, -0.2) is 4.39 Å². The Morgan fingerprint density at radius 3 is 2.96 bits per heavy atom. The van der Waals surface area contributed by atoms with Crippen molar-refractivity contribution >= 4 is 5.91 Å². The summed E-state index contributed by atoms with van der Waals surface area (Å²) in [7, 11) is 0. The Labute approximate surface area is 132 Å². The van der Waals surface area contributed by atoms with E-state index in [1.165, 1.54) is 24.4 Å². The third-order valence-electron chi connectivity index (χ3n) is 3.86. The molecule has 0 unspecified atom stereocenters. The molecule has 1 fully saturated rings. The standard InChI is InChI=1S/C17H17FN2O3/c1-11-7-15(21)14(9-19-11)17(22)20-5-6-23-16(10-20)12-3-2-4-13(18)8-12/h2-4,7-9,16H,5-6,10H2,1H3,(H,19,21)/t16-/m0/s1. The number of hydrogen-bond acceptors (Lipinski definition) is 3. The molecule has 2 aromatic rings. The fourth-order valence-corrected chi connectivity index (χ4v) is 2.65. The Morgan fingerprint density at radius 2 is 2.22 bits per heavy atom. The van der Waals surface area contributed by atoms with Gasteiger partial charge >= 0.3 is 0 Å². The molecule has 120 valence electrons. The van der Waals surface area contributed by atoms with Crippen LogP contribution >= 0.6 is 0 Å². The number of rotatable bonds is 2. The molecule has 0 saturated carbocycles. The molecule has 6 heteroatoms. The van der Waals surface area contributed by atoms with Crippen LogP contribution in [0.3, 0.4) is 0 Å². The van der Waals surface area contributed by atoms with Crippen molar-refractivity contribution in [2.75, 3.05) is 19.7 Å². The average Bonchev–Trinajstić information content (AvgIpc) is 2.54. The van der Waals surface area contributed by atoms with E-state index >= 15 is 0 Å². The fourth-order valence-electron chi connectivity index (χ4n) is 2.65. The molecule has 3 rings (SSSR count). The summed E-state index contributed by atoms with van der Waals surface area (Å²) >= 11 is 0. The minimum atomic E-state index is -0.395. The molecule has 0 aliphatic carbocycles. The summed E-state index contributed by atoms with van der Waals surface area (Å²) in [6.45, 7) is 2.79. The number of carbonyl (C=O) groups is 1. The maximum absolute atomic E-state index is 13.4. The van der Waals surface area contributed by atoms with E-state index in [9.17, 15) is 14.0 Å². The van der Waals surface area contributed by atoms with Gasteiger partial charge in [-0.15, -0.1) is 0 Å². The van der Waals surface area contributed by atoms with Gasteiger partial charge in [-0.05, 0) is 24.6 Å². The first kappa shape index (κ1) is 15.4. The van der Waals surface area contributed by atoms with Gasteiger partial charge in [0.1, 0.15) is 17.5 Å². The number of halogens is 1. The van der Waals surface area contributed by atoms with Gasteiger partial charge in [0, 0.05) is 24.5 Å². The number of H-pyrrole nitrogens is 1. The number of carbonyl (C=O) groups excluding carboxylic acids is 1. The monoisotopic (exact) mass is 316 g/mol. The molecule has 2 heterocycles. The summed E-state index contributed by atoms with van der Waals surface area (Å²) in [4.78, 5) is 29.0. The quantitative estimate of drug-likeness (QED) is 0.922. The van der Waals surface area contributed by atoms with Crippen LogP contribution in [0.1, 0.15) is 27.7 Å². The first-order valence-corrected chi connectivity index (χ1v) is 7.40. The molecule has 23 heavy (non-hydrogen) atoms. The molecule has 1 aromatic carbocycles. The second-order valence-corrected chi connectivity index (χ2v) is 5.56. The Kier molecular flexibility index (Phi) is 4.25. The van der Waals surface area contributed by atoms with Crippen LogP contribution < -0.4 is 5.43 Å². The fraction of sp³-hybridized carbons (Fsp3) is 0.294. The number of aromatic nitrogens is 1. The van der Waals surface area contributed by atoms with Crippen LogP contribution in [0.15, 0.2) is 41.3 Å². The molecule has 0 bridgehead atoms. The maximum atomic E-state index is 13.4. The van der Waals surface area contributed by atoms with Gasteiger partial charge in [0.05, 0.1) is 13.2 Å². The number of nitrogens with one attached hydrogen (secondary N) is 1. The lowest BCUT2D eigenvalue weighted by atomic mass is 10.1. The number of aryl methyl sites for hydroxylation is 1. The molecular weight excluding hydrogens is 299 g/mol. The summed E-state index contributed by atoms with van der Waals surface area (Å²) in [5.74, 6) is -0.680. The number of pyridine rings is 1. The lowest BCUT2D eigenvalue weighted by molar-refractivity contribution is -0.0229. The first-order valence-electron chi connectivity index (χ1n) is 7.40. The van der Waals surface area contributed by atoms with Crippen LogP contribution in [0, 0.1) is 12.7 Å². The predicted octanol–water partition coefficient (Wildman–Crippen LogP) is 2.04. The third kappa shape index (κ3) is 3.32. The molecule has 1 amide bonds. The lowest BCUT2D eigenvalue weighted by Crippen LogP contribution is -2.43. The summed E-state index contributed by atoms with van der Waals surface area (Å²) in [5, 5.41) is 0. The largest absolute Gasteiger partial charge is 0.370 e. The topological polar surface area (TPSA) is 62.4 Å². The summed E-state index contributed by atoms with van der Waals surface area (Å²) in [6.07, 6.45) is 1.04. The maximum Gasteiger partial charge on any atom is 0.259 e. The van der Waals surface area contributed by atoms with Gasteiger partial charge in [-0.3, -0.25) is 9.59 Å². The van der Waals surface area contributed by atoms with Crippen molar-refractivity contribution in [3.05, 3.63) is 69.4 Å². The number of hydrogen-bond donors (Lipinski definition) is 1. The highest BCUT2D eigenvalue weighted by molar-refractivity contribution is 5.93. The molecule has 0 spiro atoms. The molecule has 1 aliphatic heterocycles. The van der Waals surface area contributed by atoms with Crippen LogP contribution in [0.4, 0.5) is 4.39 Å². The van der Waals surface area contributed by atoms with Crippen LogP contribution in [-0.2, 0) is 4.74 Å². The first-order chi connectivity index (χ1) is 11.0. The summed E-state index contributed by atoms with van der Waals surface area (Å²) < 4.78 is 19.0. The zero-order valence-corrected chi connectivity index (χ0v) is 12.7. The zero-order chi connectivity index (χ0) is 16.4. The number of ether oxygens (including phenoxy) is 1. The highest BCUT2D eigenvalue weighted by Crippen LogP contribution is 2.23. The number of morpholine rings is 1. The van der Waals surface area contributed by atoms with Gasteiger partial charge in [-0.2, -0.15) is 0 Å². The van der Waals surface area contributed by atoms with E-state index in [1.54, 1.807) is 24.0 Å². The molecule has 0 radical (unpaired) electrons. The van der Waals surface area contributed by atoms with Crippen molar-refractivity contribution in [2.45, 2.75) is 13.0 Å². The molecule has 1 aromatic heterocycles. The van der Waals surface area contributed by atoms with Gasteiger partial charge in [0.25, 0.3) is 5.91 Å². The van der Waals surface area contributed by atoms with Crippen molar-refractivity contribution in [3.63, 3.8) is 0 Å². The minimum absolute atomic E-state index is 0.107. The number of benzene rings is 1. The number of aromatic amines is 1. The zero-order valence-electron chi connectivity index (χ0n) is 12.7. The van der Waals surface area contributed by atoms with Crippen molar-refractivity contribution < 1.29 is 13.9 Å². The van der Waals surface area contributed by atoms with Crippen molar-refractivity contribution in [2.24, 2.45) is 0 Å². The SMILES string of the molecule is Cc1cc(=O)c(C(=O)N2CCO[C@H](c3cccc(F)c3)C2)c[nH]1. The predicted molar refractivity (Wildman–Crippen MR) is 82.8 cm³/mol. The van der Waals surface area contributed by atoms with E-state index < -0.39 is 6.10 Å². The van der Waals surface area contributed by atoms with E-state index in [4.69, 9.17) is 4.74 Å². The van der Waals surface area contributed by atoms with Crippen molar-refractivity contribution in [3.8, 4) is 0 Å². The molecule has 5 nitrogen and oxygen atoms in total. The second kappa shape index (κ2) is 6.34. The Bertz CT molecular complexity index is 787. The van der Waals surface area contributed by atoms with Gasteiger partial charge < -0.3 is 14.6 Å². The van der Waals surface area contributed by atoms with Gasteiger partial charge in [-0.1, -0.05) is 12.1 Å². The van der Waals surface area contributed by atoms with E-state index in [0.717, 1.165) is 0 Å². The molecular formula is C17H17FN2O3. The summed E-state index contributed by atoms with van der Waals surface area (Å²) in [6, 6.07) is 7.54. The Morgan fingerprint density at radius 1 is 1.39 bits per heavy atom. The van der Waals surface area contributed by atoms with Crippen molar-refractivity contribution in [1.29, 1.82) is 0 Å². The number of nitrogens with zero attached hydrogens (tertiary/aromatic N) is 1.